The number of hydrogen-bond donors (Lipinski definition) is 2. The molecule has 2 N–H and O–H groups in total. The van der Waals surface area contributed by atoms with Crippen molar-refractivity contribution in [3.8, 4) is 5.75 Å². The van der Waals surface area contributed by atoms with Crippen molar-refractivity contribution in [2.75, 3.05) is 5.32 Å². The Balaban J connectivity index is 1.83. The number of benzene rings is 2. The van der Waals surface area contributed by atoms with Crippen LogP contribution in [0.1, 0.15) is 11.1 Å². The third-order valence-electron chi connectivity index (χ3n) is 4.15. The molecule has 4 aromatic rings. The minimum Gasteiger partial charge on any atom is -0.508 e. The highest BCUT2D eigenvalue weighted by molar-refractivity contribution is 7.17. The number of thiophene rings is 1. The summed E-state index contributed by atoms with van der Waals surface area (Å²) in [5, 5.41) is 16.6. The van der Waals surface area contributed by atoms with Gasteiger partial charge in [-0.1, -0.05) is 0 Å². The zero-order valence-electron chi connectivity index (χ0n) is 13.6. The molecule has 0 atom stereocenters. The highest BCUT2D eigenvalue weighted by atomic mass is 32.1. The number of aromatic hydroxyl groups is 1. The molecule has 0 saturated carbocycles. The summed E-state index contributed by atoms with van der Waals surface area (Å²) in [5.74, 6) is -0.447. The fourth-order valence-corrected chi connectivity index (χ4v) is 3.87. The molecule has 0 saturated heterocycles. The van der Waals surface area contributed by atoms with E-state index in [2.05, 4.69) is 15.7 Å². The molecule has 0 radical (unpaired) electrons. The van der Waals surface area contributed by atoms with Gasteiger partial charge in [0.15, 0.2) is 0 Å². The molecule has 2 heterocycles. The highest BCUT2D eigenvalue weighted by Gasteiger charge is 2.31. The van der Waals surface area contributed by atoms with Crippen molar-refractivity contribution in [2.45, 2.75) is 13.1 Å². The first-order valence-electron chi connectivity index (χ1n) is 7.76. The lowest BCUT2D eigenvalue weighted by Crippen LogP contribution is -2.05. The predicted octanol–water partition coefficient (Wildman–Crippen LogP) is 6.23. The van der Waals surface area contributed by atoms with E-state index in [1.807, 2.05) is 19.1 Å². The van der Waals surface area contributed by atoms with E-state index in [4.69, 9.17) is 0 Å². The molecule has 0 spiro atoms. The largest absolute Gasteiger partial charge is 0.508 e. The first-order valence-corrected chi connectivity index (χ1v) is 8.64. The summed E-state index contributed by atoms with van der Waals surface area (Å²) in [4.78, 5) is 4.36. The van der Waals surface area contributed by atoms with E-state index in [9.17, 15) is 18.3 Å². The van der Waals surface area contributed by atoms with Gasteiger partial charge in [0.05, 0.1) is 11.1 Å². The Labute approximate surface area is 150 Å². The average molecular weight is 374 g/mol. The van der Waals surface area contributed by atoms with Crippen LogP contribution in [0.3, 0.4) is 0 Å². The lowest BCUT2D eigenvalue weighted by atomic mass is 10.1. The maximum atomic E-state index is 13.0. The van der Waals surface area contributed by atoms with Crippen LogP contribution in [0, 0.1) is 6.92 Å². The van der Waals surface area contributed by atoms with E-state index in [0.717, 1.165) is 32.6 Å². The number of hydrogen-bond acceptors (Lipinski definition) is 4. The number of nitrogens with one attached hydrogen (secondary N) is 1. The number of fused-ring (bicyclic) bond motifs is 2. The molecule has 0 unspecified atom stereocenters. The van der Waals surface area contributed by atoms with Crippen molar-refractivity contribution in [1.29, 1.82) is 0 Å². The summed E-state index contributed by atoms with van der Waals surface area (Å²) in [6, 6.07) is 8.59. The Morgan fingerprint density at radius 3 is 2.65 bits per heavy atom. The van der Waals surface area contributed by atoms with Crippen LogP contribution >= 0.6 is 11.3 Å². The van der Waals surface area contributed by atoms with E-state index in [-0.39, 0.29) is 5.69 Å². The Hall–Kier alpha value is -2.80. The lowest BCUT2D eigenvalue weighted by molar-refractivity contribution is -0.137. The number of halogens is 3. The van der Waals surface area contributed by atoms with Crippen molar-refractivity contribution in [2.24, 2.45) is 0 Å². The Morgan fingerprint density at radius 1 is 1.08 bits per heavy atom. The van der Waals surface area contributed by atoms with Crippen LogP contribution in [0.4, 0.5) is 24.5 Å². The molecule has 26 heavy (non-hydrogen) atoms. The quantitative estimate of drug-likeness (QED) is 0.437. The van der Waals surface area contributed by atoms with Crippen LogP contribution in [0.5, 0.6) is 5.75 Å². The number of anilines is 2. The smallest absolute Gasteiger partial charge is 0.416 e. The molecule has 0 aliphatic rings. The first-order chi connectivity index (χ1) is 12.3. The summed E-state index contributed by atoms with van der Waals surface area (Å²) in [7, 11) is 0. The Morgan fingerprint density at radius 2 is 1.88 bits per heavy atom. The number of aryl methyl sites for hydroxylation is 1. The van der Waals surface area contributed by atoms with Crippen LogP contribution < -0.4 is 5.32 Å². The van der Waals surface area contributed by atoms with Gasteiger partial charge in [0.1, 0.15) is 5.75 Å². The highest BCUT2D eigenvalue weighted by Crippen LogP contribution is 2.36. The summed E-state index contributed by atoms with van der Waals surface area (Å²) in [6.45, 7) is 2.03. The molecule has 4 rings (SSSR count). The lowest BCUT2D eigenvalue weighted by Gasteiger charge is -2.13. The van der Waals surface area contributed by atoms with E-state index < -0.39 is 17.5 Å². The van der Waals surface area contributed by atoms with E-state index >= 15 is 0 Å². The number of rotatable bonds is 2. The average Bonchev–Trinajstić information content (AvgIpc) is 2.93. The summed E-state index contributed by atoms with van der Waals surface area (Å²) >= 11 is 1.61. The Kier molecular flexibility index (Phi) is 3.77. The van der Waals surface area contributed by atoms with Crippen LogP contribution in [-0.4, -0.2) is 10.1 Å². The van der Waals surface area contributed by atoms with Gasteiger partial charge in [0.25, 0.3) is 0 Å². The van der Waals surface area contributed by atoms with Crippen molar-refractivity contribution in [3.63, 3.8) is 0 Å². The number of phenols is 1. The Bertz CT molecular complexity index is 1130. The zero-order chi connectivity index (χ0) is 18.5. The topological polar surface area (TPSA) is 45.1 Å². The predicted molar refractivity (Wildman–Crippen MR) is 98.3 cm³/mol. The van der Waals surface area contributed by atoms with E-state index in [1.165, 1.54) is 6.07 Å². The van der Waals surface area contributed by atoms with Gasteiger partial charge in [0.2, 0.25) is 0 Å². The monoisotopic (exact) mass is 374 g/mol. The molecule has 0 aliphatic carbocycles. The molecule has 7 heteroatoms. The minimum atomic E-state index is -4.53. The molecule has 132 valence electrons. The van der Waals surface area contributed by atoms with Crippen LogP contribution in [0.15, 0.2) is 48.0 Å². The molecule has 2 aromatic carbocycles. The second-order valence-electron chi connectivity index (χ2n) is 6.03. The van der Waals surface area contributed by atoms with Crippen molar-refractivity contribution < 1.29 is 18.3 Å². The summed E-state index contributed by atoms with van der Waals surface area (Å²) < 4.78 is 40.0. The molecule has 0 fully saturated rings. The third-order valence-corrected chi connectivity index (χ3v) is 5.22. The second kappa shape index (κ2) is 5.88. The fourth-order valence-electron chi connectivity index (χ4n) is 2.91. The second-order valence-corrected chi connectivity index (χ2v) is 6.95. The van der Waals surface area contributed by atoms with Gasteiger partial charge in [-0.25, -0.2) is 0 Å². The minimum absolute atomic E-state index is 0.160. The number of pyridine rings is 1. The van der Waals surface area contributed by atoms with Crippen LogP contribution in [0.2, 0.25) is 0 Å². The van der Waals surface area contributed by atoms with Gasteiger partial charge in [-0.3, -0.25) is 4.98 Å². The summed E-state index contributed by atoms with van der Waals surface area (Å²) in [5.41, 5.74) is 1.79. The van der Waals surface area contributed by atoms with E-state index in [0.29, 0.717) is 11.8 Å². The van der Waals surface area contributed by atoms with Crippen LogP contribution in [0.25, 0.3) is 21.0 Å². The zero-order valence-corrected chi connectivity index (χ0v) is 14.4. The number of nitrogens with zero attached hydrogens (tertiary/aromatic N) is 1. The standard InChI is InChI=1S/C19H13F3N2OS/c1-10-9-26-18-8-15-16(2-3-23-17(15)7-14(10)18)24-12-4-11(19(20,21)22)5-13(25)6-12/h2-9,25H,1H3,(H,23,24). The van der Waals surface area contributed by atoms with Crippen molar-refractivity contribution in [1.82, 2.24) is 4.98 Å². The first kappa shape index (κ1) is 16.7. The number of phenolic OH excluding ortho intramolecular Hbond substituents is 1. The van der Waals surface area contributed by atoms with Gasteiger partial charge in [-0.2, -0.15) is 13.2 Å². The molecular formula is C19H13F3N2OS. The third kappa shape index (κ3) is 2.94. The molecular weight excluding hydrogens is 361 g/mol. The molecule has 0 aliphatic heterocycles. The SMILES string of the molecule is Cc1csc2cc3c(Nc4cc(O)cc(C(F)(F)F)c4)ccnc3cc12. The van der Waals surface area contributed by atoms with Gasteiger partial charge in [-0.05, 0) is 53.6 Å². The normalized spacial score (nSPS) is 12.0. The van der Waals surface area contributed by atoms with Gasteiger partial charge >= 0.3 is 6.18 Å². The van der Waals surface area contributed by atoms with Gasteiger partial charge in [-0.15, -0.1) is 11.3 Å². The van der Waals surface area contributed by atoms with Crippen molar-refractivity contribution in [3.05, 3.63) is 59.1 Å². The maximum absolute atomic E-state index is 13.0. The maximum Gasteiger partial charge on any atom is 0.416 e. The molecule has 3 nitrogen and oxygen atoms in total. The number of aromatic nitrogens is 1. The summed E-state index contributed by atoms with van der Waals surface area (Å²) in [6.07, 6.45) is -2.93. The molecule has 0 bridgehead atoms. The van der Waals surface area contributed by atoms with Gasteiger partial charge in [0, 0.05) is 33.7 Å². The van der Waals surface area contributed by atoms with Crippen molar-refractivity contribution >= 4 is 43.7 Å². The molecule has 0 amide bonds. The number of alkyl halides is 3. The van der Waals surface area contributed by atoms with Gasteiger partial charge < -0.3 is 10.4 Å². The molecule has 2 aromatic heterocycles. The fraction of sp³-hybridized carbons (Fsp3) is 0.105. The van der Waals surface area contributed by atoms with Crippen LogP contribution in [-0.2, 0) is 6.18 Å². The van der Waals surface area contributed by atoms with E-state index in [1.54, 1.807) is 23.6 Å².